The number of nitrogens with one attached hydrogen (secondary N) is 1. The molecule has 33 heavy (non-hydrogen) atoms. The fourth-order valence-electron chi connectivity index (χ4n) is 3.18. The number of nitrogens with zero attached hydrogens (tertiary/aromatic N) is 4. The second-order valence-electron chi connectivity index (χ2n) is 8.57. The third kappa shape index (κ3) is 5.63. The van der Waals surface area contributed by atoms with E-state index in [-0.39, 0.29) is 17.1 Å². The van der Waals surface area contributed by atoms with Crippen molar-refractivity contribution in [1.29, 1.82) is 0 Å². The first-order chi connectivity index (χ1) is 15.7. The average Bonchev–Trinajstić information content (AvgIpc) is 3.39. The van der Waals surface area contributed by atoms with E-state index >= 15 is 0 Å². The molecule has 1 amide bonds. The molecule has 4 rings (SSSR count). The first-order valence-electron chi connectivity index (χ1n) is 10.3. The van der Waals surface area contributed by atoms with Crippen LogP contribution in [0.15, 0.2) is 59.1 Å². The Labute approximate surface area is 206 Å². The summed E-state index contributed by atoms with van der Waals surface area (Å²) in [5.74, 6) is 0.840. The van der Waals surface area contributed by atoms with Crippen LogP contribution in [0.4, 0.5) is 5.13 Å². The molecule has 0 atom stereocenters. The van der Waals surface area contributed by atoms with Crippen molar-refractivity contribution in [2.24, 2.45) is 7.05 Å². The summed E-state index contributed by atoms with van der Waals surface area (Å²) >= 11 is 8.67. The highest BCUT2D eigenvalue weighted by atomic mass is 35.5. The lowest BCUT2D eigenvalue weighted by molar-refractivity contribution is -0.113. The molecule has 0 saturated carbocycles. The molecular weight excluding hydrogens is 474 g/mol. The van der Waals surface area contributed by atoms with Crippen LogP contribution in [-0.2, 0) is 17.3 Å². The fourth-order valence-corrected chi connectivity index (χ4v) is 4.75. The quantitative estimate of drug-likeness (QED) is 0.317. The number of aromatic nitrogens is 4. The van der Waals surface area contributed by atoms with Crippen LogP contribution in [0.2, 0.25) is 5.02 Å². The summed E-state index contributed by atoms with van der Waals surface area (Å²) in [6.07, 6.45) is 0. The van der Waals surface area contributed by atoms with Gasteiger partial charge in [0.25, 0.3) is 0 Å². The number of carbonyl (C=O) groups excluding carboxylic acids is 1. The van der Waals surface area contributed by atoms with Crippen molar-refractivity contribution in [3.05, 3.63) is 64.5 Å². The third-order valence-corrected chi connectivity index (χ3v) is 7.10. The van der Waals surface area contributed by atoms with Crippen molar-refractivity contribution >= 4 is 45.7 Å². The molecule has 9 heteroatoms. The summed E-state index contributed by atoms with van der Waals surface area (Å²) in [7, 11) is 1.91. The van der Waals surface area contributed by atoms with Gasteiger partial charge in [-0.25, -0.2) is 4.98 Å². The predicted molar refractivity (Wildman–Crippen MR) is 137 cm³/mol. The minimum Gasteiger partial charge on any atom is -0.305 e. The predicted octanol–water partition coefficient (Wildman–Crippen LogP) is 6.29. The number of carbonyl (C=O) groups is 1. The van der Waals surface area contributed by atoms with E-state index in [0.717, 1.165) is 22.6 Å². The topological polar surface area (TPSA) is 72.7 Å². The minimum absolute atomic E-state index is 0.0970. The van der Waals surface area contributed by atoms with Gasteiger partial charge < -0.3 is 9.88 Å². The summed E-state index contributed by atoms with van der Waals surface area (Å²) in [6.45, 7) is 6.57. The first-order valence-corrected chi connectivity index (χ1v) is 12.6. The molecule has 2 heterocycles. The maximum absolute atomic E-state index is 12.5. The monoisotopic (exact) mass is 497 g/mol. The number of thiazole rings is 1. The van der Waals surface area contributed by atoms with E-state index in [2.05, 4.69) is 65.5 Å². The molecule has 0 aliphatic rings. The zero-order valence-corrected chi connectivity index (χ0v) is 21.2. The molecule has 1 N–H and O–H groups in total. The Morgan fingerprint density at radius 3 is 2.39 bits per heavy atom. The standard InChI is InChI=1S/C24H24ClN5OS2/c1-24(2,3)17-9-5-16(6-10-17)21-28-29-23(30(21)4)33-14-20(31)27-22-26-19(13-32-22)15-7-11-18(25)12-8-15/h5-13H,14H2,1-4H3,(H,26,27,31). The van der Waals surface area contributed by atoms with Crippen LogP contribution in [-0.4, -0.2) is 31.4 Å². The summed E-state index contributed by atoms with van der Waals surface area (Å²) < 4.78 is 1.91. The second-order valence-corrected chi connectivity index (χ2v) is 10.8. The van der Waals surface area contributed by atoms with Crippen molar-refractivity contribution < 1.29 is 4.79 Å². The van der Waals surface area contributed by atoms with E-state index in [1.165, 1.54) is 28.7 Å². The largest absolute Gasteiger partial charge is 0.305 e. The van der Waals surface area contributed by atoms with Gasteiger partial charge in [0.15, 0.2) is 16.1 Å². The Balaban J connectivity index is 1.36. The summed E-state index contributed by atoms with van der Waals surface area (Å²) in [5.41, 5.74) is 4.11. The number of amides is 1. The maximum atomic E-state index is 12.5. The number of thioether (sulfide) groups is 1. The van der Waals surface area contributed by atoms with Crippen LogP contribution < -0.4 is 5.32 Å². The van der Waals surface area contributed by atoms with Gasteiger partial charge in [-0.1, -0.05) is 80.5 Å². The number of benzene rings is 2. The van der Waals surface area contributed by atoms with Gasteiger partial charge in [-0.05, 0) is 23.1 Å². The molecular formula is C24H24ClN5OS2. The SMILES string of the molecule is Cn1c(SCC(=O)Nc2nc(-c3ccc(Cl)cc3)cs2)nnc1-c1ccc(C(C)(C)C)cc1. The lowest BCUT2D eigenvalue weighted by Crippen LogP contribution is -2.14. The lowest BCUT2D eigenvalue weighted by Gasteiger charge is -2.19. The van der Waals surface area contributed by atoms with Crippen molar-refractivity contribution in [3.63, 3.8) is 0 Å². The zero-order valence-electron chi connectivity index (χ0n) is 18.8. The van der Waals surface area contributed by atoms with Crippen LogP contribution in [0.25, 0.3) is 22.6 Å². The van der Waals surface area contributed by atoms with Crippen LogP contribution in [0.5, 0.6) is 0 Å². The van der Waals surface area contributed by atoms with Gasteiger partial charge in [-0.2, -0.15) is 0 Å². The molecule has 0 saturated heterocycles. The molecule has 0 fully saturated rings. The van der Waals surface area contributed by atoms with Gasteiger partial charge in [0.05, 0.1) is 11.4 Å². The Morgan fingerprint density at radius 1 is 1.06 bits per heavy atom. The highest BCUT2D eigenvalue weighted by Gasteiger charge is 2.16. The molecule has 0 aliphatic carbocycles. The molecule has 0 unspecified atom stereocenters. The van der Waals surface area contributed by atoms with Gasteiger partial charge in [-0.3, -0.25) is 4.79 Å². The Hall–Kier alpha value is -2.68. The molecule has 4 aromatic rings. The highest BCUT2D eigenvalue weighted by molar-refractivity contribution is 7.99. The van der Waals surface area contributed by atoms with Crippen molar-refractivity contribution in [2.75, 3.05) is 11.1 Å². The molecule has 2 aromatic heterocycles. The molecule has 0 radical (unpaired) electrons. The van der Waals surface area contributed by atoms with Crippen LogP contribution in [0.1, 0.15) is 26.3 Å². The van der Waals surface area contributed by atoms with E-state index in [1.54, 1.807) is 0 Å². The number of rotatable bonds is 6. The molecule has 2 aromatic carbocycles. The smallest absolute Gasteiger partial charge is 0.236 e. The Morgan fingerprint density at radius 2 is 1.73 bits per heavy atom. The molecule has 0 aliphatic heterocycles. The Kier molecular flexibility index (Phi) is 6.88. The van der Waals surface area contributed by atoms with Gasteiger partial charge in [-0.15, -0.1) is 21.5 Å². The number of anilines is 1. The maximum Gasteiger partial charge on any atom is 0.236 e. The van der Waals surface area contributed by atoms with Gasteiger partial charge in [0.1, 0.15) is 0 Å². The van der Waals surface area contributed by atoms with E-state index in [1.807, 2.05) is 41.3 Å². The molecule has 170 valence electrons. The van der Waals surface area contributed by atoms with Gasteiger partial charge in [0, 0.05) is 28.6 Å². The van der Waals surface area contributed by atoms with Crippen LogP contribution >= 0.6 is 34.7 Å². The highest BCUT2D eigenvalue weighted by Crippen LogP contribution is 2.28. The molecule has 0 bridgehead atoms. The van der Waals surface area contributed by atoms with E-state index in [4.69, 9.17) is 11.6 Å². The summed E-state index contributed by atoms with van der Waals surface area (Å²) in [5, 5.41) is 15.3. The van der Waals surface area contributed by atoms with E-state index in [0.29, 0.717) is 15.3 Å². The lowest BCUT2D eigenvalue weighted by atomic mass is 9.87. The average molecular weight is 498 g/mol. The molecule has 0 spiro atoms. The van der Waals surface area contributed by atoms with E-state index in [9.17, 15) is 4.79 Å². The van der Waals surface area contributed by atoms with Gasteiger partial charge in [0.2, 0.25) is 5.91 Å². The van der Waals surface area contributed by atoms with E-state index < -0.39 is 0 Å². The second kappa shape index (κ2) is 9.67. The zero-order chi connectivity index (χ0) is 23.6. The number of halogens is 1. The summed E-state index contributed by atoms with van der Waals surface area (Å²) in [4.78, 5) is 16.9. The van der Waals surface area contributed by atoms with Crippen molar-refractivity contribution in [3.8, 4) is 22.6 Å². The van der Waals surface area contributed by atoms with Gasteiger partial charge >= 0.3 is 0 Å². The first kappa shape index (κ1) is 23.5. The van der Waals surface area contributed by atoms with Crippen molar-refractivity contribution in [2.45, 2.75) is 31.3 Å². The number of hydrogen-bond acceptors (Lipinski definition) is 6. The normalized spacial score (nSPS) is 11.5. The van der Waals surface area contributed by atoms with Crippen LogP contribution in [0.3, 0.4) is 0 Å². The fraction of sp³-hybridized carbons (Fsp3) is 0.250. The number of hydrogen-bond donors (Lipinski definition) is 1. The summed E-state index contributed by atoms with van der Waals surface area (Å²) in [6, 6.07) is 15.8. The van der Waals surface area contributed by atoms with Crippen LogP contribution in [0, 0.1) is 0 Å². The molecule has 6 nitrogen and oxygen atoms in total. The minimum atomic E-state index is -0.143. The Bertz CT molecular complexity index is 1260. The van der Waals surface area contributed by atoms with Crippen molar-refractivity contribution in [1.82, 2.24) is 19.7 Å². The third-order valence-electron chi connectivity index (χ3n) is 5.07.